The van der Waals surface area contributed by atoms with Crippen molar-refractivity contribution < 1.29 is 23.5 Å². The van der Waals surface area contributed by atoms with Gasteiger partial charge in [0.1, 0.15) is 17.6 Å². The first-order valence-corrected chi connectivity index (χ1v) is 8.66. The van der Waals surface area contributed by atoms with Crippen molar-refractivity contribution in [2.24, 2.45) is 0 Å². The summed E-state index contributed by atoms with van der Waals surface area (Å²) in [7, 11) is 1.61. The van der Waals surface area contributed by atoms with Gasteiger partial charge in [-0.3, -0.25) is 4.79 Å². The smallest absolute Gasteiger partial charge is 0.268 e. The Labute approximate surface area is 152 Å². The molecule has 134 valence electrons. The summed E-state index contributed by atoms with van der Waals surface area (Å²) in [6, 6.07) is 6.94. The highest BCUT2D eigenvalue weighted by molar-refractivity contribution is 9.10. The van der Waals surface area contributed by atoms with Crippen LogP contribution in [-0.2, 0) is 11.3 Å². The van der Waals surface area contributed by atoms with E-state index in [1.807, 2.05) is 10.6 Å². The molecule has 3 aromatic rings. The van der Waals surface area contributed by atoms with E-state index in [4.69, 9.17) is 13.6 Å². The summed E-state index contributed by atoms with van der Waals surface area (Å²) in [5, 5.41) is 12.8. The van der Waals surface area contributed by atoms with Crippen LogP contribution in [0.25, 0.3) is 11.1 Å². The molecule has 0 aliphatic carbocycles. The Bertz CT molecular complexity index is 837. The first-order chi connectivity index (χ1) is 12.1. The average molecular weight is 411 g/mol. The summed E-state index contributed by atoms with van der Waals surface area (Å²) in [4.78, 5) is 12.5. The highest BCUT2D eigenvalue weighted by Crippen LogP contribution is 2.27. The third kappa shape index (κ3) is 3.97. The van der Waals surface area contributed by atoms with Crippen LogP contribution >= 0.6 is 15.9 Å². The number of rotatable bonds is 8. The fraction of sp³-hybridized carbons (Fsp3) is 0.353. The average Bonchev–Trinajstić information content (AvgIpc) is 3.29. The van der Waals surface area contributed by atoms with E-state index < -0.39 is 6.10 Å². The molecule has 0 bridgehead atoms. The Morgan fingerprint density at radius 2 is 2.32 bits per heavy atom. The summed E-state index contributed by atoms with van der Waals surface area (Å²) in [6.07, 6.45) is 1.12. The quantitative estimate of drug-likeness (QED) is 0.595. The lowest BCUT2D eigenvalue weighted by Gasteiger charge is -2.11. The Kier molecular flexibility index (Phi) is 5.62. The molecule has 0 spiro atoms. The summed E-state index contributed by atoms with van der Waals surface area (Å²) >= 11 is 3.30. The molecule has 2 N–H and O–H groups in total. The molecule has 3 aromatic heterocycles. The second-order valence-corrected chi connectivity index (χ2v) is 6.33. The van der Waals surface area contributed by atoms with Crippen molar-refractivity contribution in [3.05, 3.63) is 46.7 Å². The van der Waals surface area contributed by atoms with E-state index in [2.05, 4.69) is 21.2 Å². The van der Waals surface area contributed by atoms with Crippen molar-refractivity contribution in [1.29, 1.82) is 0 Å². The number of amides is 1. The predicted octanol–water partition coefficient (Wildman–Crippen LogP) is 3.09. The number of halogens is 1. The monoisotopic (exact) mass is 410 g/mol. The Morgan fingerprint density at radius 1 is 1.48 bits per heavy atom. The zero-order valence-corrected chi connectivity index (χ0v) is 15.3. The zero-order chi connectivity index (χ0) is 17.8. The Hall–Kier alpha value is -2.03. The Morgan fingerprint density at radius 3 is 3.04 bits per heavy atom. The van der Waals surface area contributed by atoms with Crippen molar-refractivity contribution in [3.8, 4) is 0 Å². The minimum Gasteiger partial charge on any atom is -0.467 e. The van der Waals surface area contributed by atoms with Gasteiger partial charge in [0.2, 0.25) is 0 Å². The molecule has 0 saturated heterocycles. The molecule has 3 rings (SSSR count). The lowest BCUT2D eigenvalue weighted by molar-refractivity contribution is 0.0925. The molecule has 0 aliphatic rings. The fourth-order valence-electron chi connectivity index (χ4n) is 2.66. The molecule has 25 heavy (non-hydrogen) atoms. The fourth-order valence-corrected chi connectivity index (χ4v) is 3.05. The molecule has 1 atom stereocenters. The van der Waals surface area contributed by atoms with Crippen molar-refractivity contribution >= 4 is 32.9 Å². The van der Waals surface area contributed by atoms with Gasteiger partial charge in [0.25, 0.3) is 5.91 Å². The van der Waals surface area contributed by atoms with Crippen molar-refractivity contribution in [3.63, 3.8) is 0 Å². The Balaban J connectivity index is 1.67. The number of carbonyl (C=O) groups excluding carboxylic acids is 1. The van der Waals surface area contributed by atoms with Crippen LogP contribution in [0.15, 0.2) is 44.0 Å². The molecule has 3 heterocycles. The maximum Gasteiger partial charge on any atom is 0.268 e. The van der Waals surface area contributed by atoms with Gasteiger partial charge in [0.15, 0.2) is 10.3 Å². The van der Waals surface area contributed by atoms with Crippen LogP contribution in [0.5, 0.6) is 0 Å². The van der Waals surface area contributed by atoms with E-state index in [-0.39, 0.29) is 5.91 Å². The number of furan rings is 2. The number of aliphatic hydroxyl groups is 1. The summed E-state index contributed by atoms with van der Waals surface area (Å²) in [5.41, 5.74) is 1.94. The van der Waals surface area contributed by atoms with Gasteiger partial charge in [-0.1, -0.05) is 0 Å². The second kappa shape index (κ2) is 7.90. The van der Waals surface area contributed by atoms with Crippen LogP contribution in [0.1, 0.15) is 28.8 Å². The maximum atomic E-state index is 12.5. The molecule has 7 nitrogen and oxygen atoms in total. The van der Waals surface area contributed by atoms with Gasteiger partial charge < -0.3 is 28.6 Å². The molecule has 0 aliphatic heterocycles. The highest BCUT2D eigenvalue weighted by Gasteiger charge is 2.19. The number of methoxy groups -OCH3 is 1. The van der Waals surface area contributed by atoms with Crippen LogP contribution in [0.4, 0.5) is 0 Å². The molecule has 1 amide bonds. The molecular formula is C17H19BrN2O5. The number of fused-ring (bicyclic) bond motifs is 1. The minimum absolute atomic E-state index is 0.231. The molecule has 8 heteroatoms. The molecule has 1 unspecified atom stereocenters. The topological polar surface area (TPSA) is 89.8 Å². The standard InChI is InChI=1S/C17H19BrN2O5/c1-23-8-6-20-11-10-16(18)25-15(11)9-12(20)17(22)19-5-4-13(21)14-3-2-7-24-14/h2-3,7,9-10,13,21H,4-6,8H2,1H3,(H,19,22). The number of carbonyl (C=O) groups is 1. The summed E-state index contributed by atoms with van der Waals surface area (Å²) < 4.78 is 18.3. The largest absolute Gasteiger partial charge is 0.467 e. The third-order valence-electron chi connectivity index (χ3n) is 3.89. The number of nitrogens with zero attached hydrogens (tertiary/aromatic N) is 1. The van der Waals surface area contributed by atoms with Gasteiger partial charge >= 0.3 is 0 Å². The zero-order valence-electron chi connectivity index (χ0n) is 13.7. The highest BCUT2D eigenvalue weighted by atomic mass is 79.9. The number of hydrogen-bond donors (Lipinski definition) is 2. The van der Waals surface area contributed by atoms with Gasteiger partial charge in [0.05, 0.1) is 18.4 Å². The third-order valence-corrected chi connectivity index (χ3v) is 4.28. The first kappa shape index (κ1) is 17.8. The van der Waals surface area contributed by atoms with Crippen LogP contribution in [-0.4, -0.2) is 35.8 Å². The first-order valence-electron chi connectivity index (χ1n) is 7.87. The summed E-state index contributed by atoms with van der Waals surface area (Å²) in [5.74, 6) is 0.255. The SMILES string of the molecule is COCCn1c(C(=O)NCCC(O)c2ccco2)cc2oc(Br)cc21. The van der Waals surface area contributed by atoms with E-state index in [9.17, 15) is 9.90 Å². The molecular weight excluding hydrogens is 392 g/mol. The molecule has 0 radical (unpaired) electrons. The predicted molar refractivity (Wildman–Crippen MR) is 94.4 cm³/mol. The lowest BCUT2D eigenvalue weighted by Crippen LogP contribution is -2.28. The van der Waals surface area contributed by atoms with Crippen LogP contribution in [0.3, 0.4) is 0 Å². The number of nitrogens with one attached hydrogen (secondary N) is 1. The normalized spacial score (nSPS) is 12.6. The van der Waals surface area contributed by atoms with Gasteiger partial charge in [0, 0.05) is 32.3 Å². The van der Waals surface area contributed by atoms with E-state index in [0.29, 0.717) is 47.8 Å². The van der Waals surface area contributed by atoms with Crippen LogP contribution in [0.2, 0.25) is 0 Å². The second-order valence-electron chi connectivity index (χ2n) is 5.55. The summed E-state index contributed by atoms with van der Waals surface area (Å²) in [6.45, 7) is 1.33. The van der Waals surface area contributed by atoms with E-state index in [1.165, 1.54) is 6.26 Å². The minimum atomic E-state index is -0.747. The van der Waals surface area contributed by atoms with E-state index >= 15 is 0 Å². The maximum absolute atomic E-state index is 12.5. The number of aliphatic hydroxyl groups excluding tert-OH is 1. The van der Waals surface area contributed by atoms with Crippen molar-refractivity contribution in [1.82, 2.24) is 9.88 Å². The molecule has 0 fully saturated rings. The molecule has 0 saturated carbocycles. The number of ether oxygens (including phenoxy) is 1. The van der Waals surface area contributed by atoms with Crippen molar-refractivity contribution in [2.75, 3.05) is 20.3 Å². The van der Waals surface area contributed by atoms with E-state index in [1.54, 1.807) is 25.3 Å². The van der Waals surface area contributed by atoms with Gasteiger partial charge in [-0.15, -0.1) is 0 Å². The molecule has 0 aromatic carbocycles. The van der Waals surface area contributed by atoms with Crippen molar-refractivity contribution in [2.45, 2.75) is 19.1 Å². The van der Waals surface area contributed by atoms with E-state index in [0.717, 1.165) is 5.52 Å². The number of hydrogen-bond acceptors (Lipinski definition) is 5. The van der Waals surface area contributed by atoms with Gasteiger partial charge in [-0.2, -0.15) is 0 Å². The van der Waals surface area contributed by atoms with Gasteiger partial charge in [-0.05, 0) is 34.5 Å². The van der Waals surface area contributed by atoms with Crippen LogP contribution < -0.4 is 5.32 Å². The van der Waals surface area contributed by atoms with Gasteiger partial charge in [-0.25, -0.2) is 0 Å². The van der Waals surface area contributed by atoms with Crippen LogP contribution in [0, 0.1) is 0 Å². The lowest BCUT2D eigenvalue weighted by atomic mass is 10.2. The number of aromatic nitrogens is 1.